The molecular weight excluding hydrogens is 306 g/mol. The Labute approximate surface area is 122 Å². The normalized spacial score (nSPS) is 19.3. The molecule has 0 bridgehead atoms. The number of hydrogen-bond donors (Lipinski definition) is 1. The summed E-state index contributed by atoms with van der Waals surface area (Å²) in [5.41, 5.74) is 0.790. The molecule has 19 heavy (non-hydrogen) atoms. The average molecular weight is 326 g/mol. The number of piperidine rings is 1. The van der Waals surface area contributed by atoms with Crippen molar-refractivity contribution < 1.29 is 9.90 Å². The standard InChI is InChI=1S/C15H20BrNO2/c1-2-15(14(18)19)7-9-17(10-8-15)11-12-3-5-13(16)6-4-12/h3-6H,2,7-11H2,1H3,(H,18,19). The Morgan fingerprint density at radius 3 is 2.37 bits per heavy atom. The molecule has 1 aliphatic heterocycles. The second kappa shape index (κ2) is 6.06. The van der Waals surface area contributed by atoms with E-state index in [2.05, 4.69) is 33.0 Å². The van der Waals surface area contributed by atoms with Crippen molar-refractivity contribution in [3.63, 3.8) is 0 Å². The number of carboxylic acid groups (broad SMARTS) is 1. The highest BCUT2D eigenvalue weighted by molar-refractivity contribution is 9.10. The van der Waals surface area contributed by atoms with E-state index >= 15 is 0 Å². The number of benzene rings is 1. The van der Waals surface area contributed by atoms with Gasteiger partial charge in [0.05, 0.1) is 5.41 Å². The molecule has 1 saturated heterocycles. The number of hydrogen-bond acceptors (Lipinski definition) is 2. The summed E-state index contributed by atoms with van der Waals surface area (Å²) in [7, 11) is 0. The molecule has 3 nitrogen and oxygen atoms in total. The Morgan fingerprint density at radius 2 is 1.89 bits per heavy atom. The van der Waals surface area contributed by atoms with E-state index in [1.807, 2.05) is 19.1 Å². The number of likely N-dealkylation sites (tertiary alicyclic amines) is 1. The summed E-state index contributed by atoms with van der Waals surface area (Å²) in [5.74, 6) is -0.627. The van der Waals surface area contributed by atoms with Crippen molar-refractivity contribution in [2.45, 2.75) is 32.7 Å². The van der Waals surface area contributed by atoms with Crippen LogP contribution in [-0.2, 0) is 11.3 Å². The van der Waals surface area contributed by atoms with E-state index in [-0.39, 0.29) is 0 Å². The van der Waals surface area contributed by atoms with E-state index < -0.39 is 11.4 Å². The molecule has 0 unspecified atom stereocenters. The van der Waals surface area contributed by atoms with Gasteiger partial charge in [0.25, 0.3) is 0 Å². The van der Waals surface area contributed by atoms with Gasteiger partial charge < -0.3 is 5.11 Å². The second-order valence-electron chi connectivity index (χ2n) is 5.34. The van der Waals surface area contributed by atoms with Crippen LogP contribution in [0, 0.1) is 5.41 Å². The Morgan fingerprint density at radius 1 is 1.32 bits per heavy atom. The van der Waals surface area contributed by atoms with Gasteiger partial charge >= 0.3 is 5.97 Å². The number of carbonyl (C=O) groups is 1. The third kappa shape index (κ3) is 3.37. The van der Waals surface area contributed by atoms with Crippen LogP contribution in [0.4, 0.5) is 0 Å². The molecule has 0 radical (unpaired) electrons. The fourth-order valence-corrected chi connectivity index (χ4v) is 2.97. The topological polar surface area (TPSA) is 40.5 Å². The average Bonchev–Trinajstić information content (AvgIpc) is 2.42. The zero-order chi connectivity index (χ0) is 13.9. The molecule has 0 spiro atoms. The molecular formula is C15H20BrNO2. The number of nitrogens with zero attached hydrogens (tertiary/aromatic N) is 1. The number of halogens is 1. The van der Waals surface area contributed by atoms with Gasteiger partial charge in [-0.2, -0.15) is 0 Å². The van der Waals surface area contributed by atoms with Crippen molar-refractivity contribution in [3.8, 4) is 0 Å². The highest BCUT2D eigenvalue weighted by Crippen LogP contribution is 2.35. The fourth-order valence-electron chi connectivity index (χ4n) is 2.71. The fraction of sp³-hybridized carbons (Fsp3) is 0.533. The maximum absolute atomic E-state index is 11.4. The Balaban J connectivity index is 1.93. The van der Waals surface area contributed by atoms with Gasteiger partial charge in [-0.15, -0.1) is 0 Å². The number of aliphatic carboxylic acids is 1. The van der Waals surface area contributed by atoms with Crippen molar-refractivity contribution in [2.24, 2.45) is 5.41 Å². The van der Waals surface area contributed by atoms with Crippen LogP contribution in [0.15, 0.2) is 28.7 Å². The van der Waals surface area contributed by atoms with Gasteiger partial charge in [-0.25, -0.2) is 0 Å². The Bertz CT molecular complexity index is 436. The van der Waals surface area contributed by atoms with Gasteiger partial charge in [0.2, 0.25) is 0 Å². The number of carboxylic acids is 1. The van der Waals surface area contributed by atoms with E-state index in [0.717, 1.165) is 43.4 Å². The summed E-state index contributed by atoms with van der Waals surface area (Å²) in [6.45, 7) is 4.64. The van der Waals surface area contributed by atoms with Crippen molar-refractivity contribution in [3.05, 3.63) is 34.3 Å². The first-order chi connectivity index (χ1) is 9.05. The van der Waals surface area contributed by atoms with E-state index in [1.165, 1.54) is 5.56 Å². The number of rotatable bonds is 4. The molecule has 1 fully saturated rings. The molecule has 1 aromatic rings. The van der Waals surface area contributed by atoms with Crippen molar-refractivity contribution in [1.82, 2.24) is 4.90 Å². The lowest BCUT2D eigenvalue weighted by atomic mass is 9.76. The van der Waals surface area contributed by atoms with Crippen molar-refractivity contribution in [1.29, 1.82) is 0 Å². The van der Waals surface area contributed by atoms with E-state index in [4.69, 9.17) is 0 Å². The van der Waals surface area contributed by atoms with Crippen LogP contribution in [-0.4, -0.2) is 29.1 Å². The van der Waals surface area contributed by atoms with Crippen LogP contribution in [0.25, 0.3) is 0 Å². The lowest BCUT2D eigenvalue weighted by Gasteiger charge is -2.38. The van der Waals surface area contributed by atoms with E-state index in [1.54, 1.807) is 0 Å². The zero-order valence-electron chi connectivity index (χ0n) is 11.2. The predicted molar refractivity (Wildman–Crippen MR) is 79.0 cm³/mol. The minimum Gasteiger partial charge on any atom is -0.481 e. The van der Waals surface area contributed by atoms with Gasteiger partial charge in [-0.05, 0) is 50.0 Å². The predicted octanol–water partition coefficient (Wildman–Crippen LogP) is 3.53. The van der Waals surface area contributed by atoms with Crippen LogP contribution in [0.5, 0.6) is 0 Å². The lowest BCUT2D eigenvalue weighted by molar-refractivity contribution is -0.152. The maximum atomic E-state index is 11.4. The first-order valence-electron chi connectivity index (χ1n) is 6.76. The first kappa shape index (κ1) is 14.5. The molecule has 0 amide bonds. The van der Waals surface area contributed by atoms with Gasteiger partial charge in [0, 0.05) is 11.0 Å². The molecule has 0 aromatic heterocycles. The smallest absolute Gasteiger partial charge is 0.309 e. The highest BCUT2D eigenvalue weighted by Gasteiger charge is 2.39. The SMILES string of the molecule is CCC1(C(=O)O)CCN(Cc2ccc(Br)cc2)CC1. The molecule has 104 valence electrons. The summed E-state index contributed by atoms with van der Waals surface area (Å²) in [5, 5.41) is 9.37. The largest absolute Gasteiger partial charge is 0.481 e. The summed E-state index contributed by atoms with van der Waals surface area (Å²) in [6.07, 6.45) is 2.25. The maximum Gasteiger partial charge on any atom is 0.309 e. The zero-order valence-corrected chi connectivity index (χ0v) is 12.8. The van der Waals surface area contributed by atoms with Gasteiger partial charge in [-0.1, -0.05) is 35.0 Å². The van der Waals surface area contributed by atoms with Gasteiger partial charge in [0.1, 0.15) is 0 Å². The van der Waals surface area contributed by atoms with Crippen molar-refractivity contribution >= 4 is 21.9 Å². The molecule has 1 aliphatic rings. The van der Waals surface area contributed by atoms with Crippen LogP contribution < -0.4 is 0 Å². The first-order valence-corrected chi connectivity index (χ1v) is 7.55. The molecule has 1 heterocycles. The Kier molecular flexibility index (Phi) is 4.63. The summed E-state index contributed by atoms with van der Waals surface area (Å²) in [4.78, 5) is 13.7. The third-order valence-electron chi connectivity index (χ3n) is 4.26. The molecule has 2 rings (SSSR count). The molecule has 1 N–H and O–H groups in total. The van der Waals surface area contributed by atoms with Crippen molar-refractivity contribution in [2.75, 3.05) is 13.1 Å². The van der Waals surface area contributed by atoms with Crippen LogP contribution >= 0.6 is 15.9 Å². The molecule has 1 aromatic carbocycles. The molecule has 0 atom stereocenters. The minimum absolute atomic E-state index is 0.490. The van der Waals surface area contributed by atoms with Gasteiger partial charge in [0.15, 0.2) is 0 Å². The van der Waals surface area contributed by atoms with Crippen LogP contribution in [0.2, 0.25) is 0 Å². The Hall–Kier alpha value is -0.870. The molecule has 4 heteroatoms. The lowest BCUT2D eigenvalue weighted by Crippen LogP contribution is -2.43. The minimum atomic E-state index is -0.627. The second-order valence-corrected chi connectivity index (χ2v) is 6.26. The van der Waals surface area contributed by atoms with Crippen LogP contribution in [0.1, 0.15) is 31.7 Å². The monoisotopic (exact) mass is 325 g/mol. The third-order valence-corrected chi connectivity index (χ3v) is 4.79. The van der Waals surface area contributed by atoms with E-state index in [0.29, 0.717) is 0 Å². The molecule has 0 saturated carbocycles. The van der Waals surface area contributed by atoms with Crippen LogP contribution in [0.3, 0.4) is 0 Å². The molecule has 0 aliphatic carbocycles. The van der Waals surface area contributed by atoms with E-state index in [9.17, 15) is 9.90 Å². The quantitative estimate of drug-likeness (QED) is 0.920. The highest BCUT2D eigenvalue weighted by atomic mass is 79.9. The summed E-state index contributed by atoms with van der Waals surface area (Å²) in [6, 6.07) is 8.33. The summed E-state index contributed by atoms with van der Waals surface area (Å²) >= 11 is 3.43. The van der Waals surface area contributed by atoms with Gasteiger partial charge in [-0.3, -0.25) is 9.69 Å². The summed E-state index contributed by atoms with van der Waals surface area (Å²) < 4.78 is 1.09.